The predicted octanol–water partition coefficient (Wildman–Crippen LogP) is 3.17. The highest BCUT2D eigenvalue weighted by molar-refractivity contribution is 7.89. The number of carbonyl (C=O) groups is 2. The summed E-state index contributed by atoms with van der Waals surface area (Å²) in [7, 11) is -3.66. The molecule has 0 heterocycles. The van der Waals surface area contributed by atoms with Crippen LogP contribution in [0.3, 0.4) is 0 Å². The average Bonchev–Trinajstić information content (AvgIpc) is 2.70. The van der Waals surface area contributed by atoms with Crippen molar-refractivity contribution in [2.75, 3.05) is 23.7 Å². The highest BCUT2D eigenvalue weighted by Gasteiger charge is 2.24. The van der Waals surface area contributed by atoms with Crippen LogP contribution in [0.25, 0.3) is 0 Å². The summed E-state index contributed by atoms with van der Waals surface area (Å²) in [6.07, 6.45) is 0. The molecule has 3 amide bonds. The quantitative estimate of drug-likeness (QED) is 0.595. The summed E-state index contributed by atoms with van der Waals surface area (Å²) in [6.45, 7) is 7.51. The fourth-order valence-electron chi connectivity index (χ4n) is 2.86. The first-order chi connectivity index (χ1) is 14.2. The smallest absolute Gasteiger partial charge is 0.319 e. The number of hydrogen-bond acceptors (Lipinski definition) is 4. The molecule has 30 heavy (non-hydrogen) atoms. The Hall–Kier alpha value is -2.91. The minimum atomic E-state index is -3.66. The summed E-state index contributed by atoms with van der Waals surface area (Å²) in [5, 5.41) is 7.85. The second-order valence-electron chi connectivity index (χ2n) is 6.75. The van der Waals surface area contributed by atoms with E-state index in [2.05, 4.69) is 16.0 Å². The lowest BCUT2D eigenvalue weighted by molar-refractivity contribution is -0.117. The molecule has 9 heteroatoms. The lowest BCUT2D eigenvalue weighted by Gasteiger charge is -2.21. The molecular formula is C21H28N4O4S. The lowest BCUT2D eigenvalue weighted by atomic mass is 10.2. The Balaban J connectivity index is 2.08. The van der Waals surface area contributed by atoms with Gasteiger partial charge in [0.25, 0.3) is 0 Å². The van der Waals surface area contributed by atoms with Crippen molar-refractivity contribution in [2.24, 2.45) is 0 Å². The molecule has 0 saturated carbocycles. The first-order valence-electron chi connectivity index (χ1n) is 9.73. The standard InChI is InChI=1S/C21H28N4O4S/c1-5-25(6-2)30(28,29)19-14-18(13-12-15(19)3)23-20(26)16(4)22-21(27)24-17-10-8-7-9-11-17/h7-14,16H,5-6H2,1-4H3,(H,23,26)(H2,22,24,27)/t16-/m0/s1. The van der Waals surface area contributed by atoms with E-state index in [1.165, 1.54) is 10.4 Å². The van der Waals surface area contributed by atoms with Crippen LogP contribution in [0, 0.1) is 6.92 Å². The minimum Gasteiger partial charge on any atom is -0.326 e. The van der Waals surface area contributed by atoms with Crippen LogP contribution >= 0.6 is 0 Å². The molecule has 162 valence electrons. The number of anilines is 2. The fourth-order valence-corrected chi connectivity index (χ4v) is 4.57. The SMILES string of the molecule is CCN(CC)S(=O)(=O)c1cc(NC(=O)[C@H](C)NC(=O)Nc2ccccc2)ccc1C. The Morgan fingerprint density at radius 3 is 2.20 bits per heavy atom. The highest BCUT2D eigenvalue weighted by atomic mass is 32.2. The van der Waals surface area contributed by atoms with Gasteiger partial charge in [-0.15, -0.1) is 0 Å². The number of hydrogen-bond donors (Lipinski definition) is 3. The number of nitrogens with one attached hydrogen (secondary N) is 3. The van der Waals surface area contributed by atoms with E-state index in [4.69, 9.17) is 0 Å². The molecule has 1 atom stereocenters. The van der Waals surface area contributed by atoms with Crippen LogP contribution in [0.5, 0.6) is 0 Å². The van der Waals surface area contributed by atoms with Crippen LogP contribution in [0.15, 0.2) is 53.4 Å². The zero-order valence-electron chi connectivity index (χ0n) is 17.6. The van der Waals surface area contributed by atoms with Crippen molar-refractivity contribution in [3.05, 3.63) is 54.1 Å². The largest absolute Gasteiger partial charge is 0.326 e. The lowest BCUT2D eigenvalue weighted by Crippen LogP contribution is -2.43. The average molecular weight is 433 g/mol. The normalized spacial score (nSPS) is 12.3. The van der Waals surface area contributed by atoms with Crippen LogP contribution in [-0.2, 0) is 14.8 Å². The molecule has 0 fully saturated rings. The number of nitrogens with zero attached hydrogens (tertiary/aromatic N) is 1. The van der Waals surface area contributed by atoms with E-state index >= 15 is 0 Å². The van der Waals surface area contributed by atoms with Gasteiger partial charge in [0, 0.05) is 24.5 Å². The minimum absolute atomic E-state index is 0.145. The summed E-state index contributed by atoms with van der Waals surface area (Å²) in [5.74, 6) is -0.465. The molecule has 0 radical (unpaired) electrons. The molecule has 0 aliphatic heterocycles. The second-order valence-corrected chi connectivity index (χ2v) is 8.65. The Bertz CT molecular complexity index is 989. The van der Waals surface area contributed by atoms with Crippen molar-refractivity contribution < 1.29 is 18.0 Å². The van der Waals surface area contributed by atoms with Gasteiger partial charge in [0.05, 0.1) is 4.90 Å². The first kappa shape index (κ1) is 23.4. The van der Waals surface area contributed by atoms with Gasteiger partial charge in [-0.1, -0.05) is 38.1 Å². The molecule has 2 aromatic rings. The molecule has 0 aliphatic carbocycles. The van der Waals surface area contributed by atoms with Crippen molar-refractivity contribution in [1.82, 2.24) is 9.62 Å². The van der Waals surface area contributed by atoms with E-state index in [1.807, 2.05) is 6.07 Å². The predicted molar refractivity (Wildman–Crippen MR) is 118 cm³/mol. The van der Waals surface area contributed by atoms with Crippen LogP contribution < -0.4 is 16.0 Å². The van der Waals surface area contributed by atoms with Gasteiger partial charge in [0.2, 0.25) is 15.9 Å². The molecule has 8 nitrogen and oxygen atoms in total. The number of urea groups is 1. The number of carbonyl (C=O) groups excluding carboxylic acids is 2. The van der Waals surface area contributed by atoms with Crippen molar-refractivity contribution in [3.8, 4) is 0 Å². The van der Waals surface area contributed by atoms with Crippen LogP contribution in [0.2, 0.25) is 0 Å². The Morgan fingerprint density at radius 2 is 1.60 bits per heavy atom. The number of rotatable bonds is 8. The van der Waals surface area contributed by atoms with E-state index in [-0.39, 0.29) is 4.90 Å². The maximum Gasteiger partial charge on any atom is 0.319 e. The number of amides is 3. The van der Waals surface area contributed by atoms with Crippen molar-refractivity contribution >= 4 is 33.3 Å². The Labute approximate surface area is 177 Å². The van der Waals surface area contributed by atoms with E-state index in [0.29, 0.717) is 30.0 Å². The third-order valence-corrected chi connectivity index (χ3v) is 6.74. The molecule has 0 unspecified atom stereocenters. The molecule has 0 saturated heterocycles. The molecular weight excluding hydrogens is 404 g/mol. The number of benzene rings is 2. The first-order valence-corrected chi connectivity index (χ1v) is 11.2. The zero-order chi connectivity index (χ0) is 22.3. The zero-order valence-corrected chi connectivity index (χ0v) is 18.4. The molecule has 3 N–H and O–H groups in total. The summed E-state index contributed by atoms with van der Waals surface area (Å²) < 4.78 is 27.1. The highest BCUT2D eigenvalue weighted by Crippen LogP contribution is 2.23. The van der Waals surface area contributed by atoms with Crippen LogP contribution in [0.4, 0.5) is 16.2 Å². The summed E-state index contributed by atoms with van der Waals surface area (Å²) in [5.41, 5.74) is 1.54. The fraction of sp³-hybridized carbons (Fsp3) is 0.333. The molecule has 0 bridgehead atoms. The number of aryl methyl sites for hydroxylation is 1. The monoisotopic (exact) mass is 432 g/mol. The third kappa shape index (κ3) is 5.80. The van der Waals surface area contributed by atoms with Gasteiger partial charge in [0.15, 0.2) is 0 Å². The van der Waals surface area contributed by atoms with E-state index in [1.54, 1.807) is 64.1 Å². The molecule has 0 spiro atoms. The van der Waals surface area contributed by atoms with Crippen LogP contribution in [0.1, 0.15) is 26.3 Å². The Morgan fingerprint density at radius 1 is 0.967 bits per heavy atom. The topological polar surface area (TPSA) is 108 Å². The van der Waals surface area contributed by atoms with E-state index in [9.17, 15) is 18.0 Å². The summed E-state index contributed by atoms with van der Waals surface area (Å²) in [4.78, 5) is 24.7. The molecule has 0 aromatic heterocycles. The third-order valence-electron chi connectivity index (χ3n) is 4.55. The van der Waals surface area contributed by atoms with Gasteiger partial charge in [-0.3, -0.25) is 4.79 Å². The van der Waals surface area contributed by atoms with E-state index < -0.39 is 28.0 Å². The molecule has 0 aliphatic rings. The van der Waals surface area contributed by atoms with E-state index in [0.717, 1.165) is 0 Å². The van der Waals surface area contributed by atoms with Gasteiger partial charge < -0.3 is 16.0 Å². The van der Waals surface area contributed by atoms with Gasteiger partial charge in [0.1, 0.15) is 6.04 Å². The number of para-hydroxylation sites is 1. The summed E-state index contributed by atoms with van der Waals surface area (Å²) in [6, 6.07) is 12.2. The van der Waals surface area contributed by atoms with Crippen molar-refractivity contribution in [2.45, 2.75) is 38.6 Å². The van der Waals surface area contributed by atoms with Crippen molar-refractivity contribution in [3.63, 3.8) is 0 Å². The van der Waals surface area contributed by atoms with Gasteiger partial charge in [-0.2, -0.15) is 4.31 Å². The maximum atomic E-state index is 12.9. The maximum absolute atomic E-state index is 12.9. The number of sulfonamides is 1. The summed E-state index contributed by atoms with van der Waals surface area (Å²) >= 11 is 0. The second kappa shape index (κ2) is 10.2. The van der Waals surface area contributed by atoms with Gasteiger partial charge in [-0.25, -0.2) is 13.2 Å². The molecule has 2 aromatic carbocycles. The van der Waals surface area contributed by atoms with Crippen LogP contribution in [-0.4, -0.2) is 43.8 Å². The molecule has 2 rings (SSSR count). The Kier molecular flexibility index (Phi) is 7.96. The van der Waals surface area contributed by atoms with Gasteiger partial charge in [-0.05, 0) is 43.7 Å². The van der Waals surface area contributed by atoms with Gasteiger partial charge >= 0.3 is 6.03 Å². The van der Waals surface area contributed by atoms with Crippen molar-refractivity contribution in [1.29, 1.82) is 0 Å².